The van der Waals surface area contributed by atoms with Gasteiger partial charge in [-0.2, -0.15) is 8.42 Å². The minimum absolute atomic E-state index is 0.328. The van der Waals surface area contributed by atoms with Crippen molar-refractivity contribution in [3.05, 3.63) is 0 Å². The quantitative estimate of drug-likeness (QED) is 0.154. The maximum absolute atomic E-state index is 12.4. The highest BCUT2D eigenvalue weighted by molar-refractivity contribution is 7.87. The molecule has 0 bridgehead atoms. The fourth-order valence-corrected chi connectivity index (χ4v) is 4.26. The highest BCUT2D eigenvalue weighted by Crippen LogP contribution is 2.26. The predicted molar refractivity (Wildman–Crippen MR) is 118 cm³/mol. The van der Waals surface area contributed by atoms with Crippen LogP contribution in [-0.2, 0) is 52.4 Å². The molecule has 1 N–H and O–H groups in total. The second kappa shape index (κ2) is 14.9. The molecule has 0 aromatic carbocycles. The Morgan fingerprint density at radius 3 is 2.00 bits per heavy atom. The van der Waals surface area contributed by atoms with Crippen LogP contribution in [0.3, 0.4) is 0 Å². The molecule has 1 fully saturated rings. The summed E-state index contributed by atoms with van der Waals surface area (Å²) in [4.78, 5) is 46.6. The van der Waals surface area contributed by atoms with Gasteiger partial charge in [0.1, 0.15) is 0 Å². The van der Waals surface area contributed by atoms with E-state index in [1.807, 2.05) is 0 Å². The van der Waals surface area contributed by atoms with Crippen LogP contribution in [0.2, 0.25) is 0 Å². The molecule has 1 saturated heterocycles. The van der Waals surface area contributed by atoms with Gasteiger partial charge in [-0.25, -0.2) is 4.18 Å². The molecule has 0 aromatic rings. The Hall–Kier alpha value is -2.25. The zero-order valence-corrected chi connectivity index (χ0v) is 20.9. The van der Waals surface area contributed by atoms with E-state index >= 15 is 0 Å². The van der Waals surface area contributed by atoms with Crippen LogP contribution < -0.4 is 5.32 Å². The van der Waals surface area contributed by atoms with E-state index in [4.69, 9.17) is 23.1 Å². The van der Waals surface area contributed by atoms with Crippen molar-refractivity contribution in [1.82, 2.24) is 5.32 Å². The molecule has 13 heteroatoms. The molecule has 1 aliphatic heterocycles. The van der Waals surface area contributed by atoms with Gasteiger partial charge in [0.15, 0.2) is 24.1 Å². The van der Waals surface area contributed by atoms with E-state index in [9.17, 15) is 27.6 Å². The molecule has 1 heterocycles. The molecule has 1 rings (SSSR count). The zero-order valence-electron chi connectivity index (χ0n) is 20.1. The van der Waals surface area contributed by atoms with Crippen molar-refractivity contribution in [2.75, 3.05) is 18.9 Å². The Bertz CT molecular complexity index is 799. The summed E-state index contributed by atoms with van der Waals surface area (Å²) in [5, 5.41) is 2.52. The summed E-state index contributed by atoms with van der Waals surface area (Å²) in [7, 11) is -4.47. The fourth-order valence-electron chi connectivity index (χ4n) is 3.31. The van der Waals surface area contributed by atoms with E-state index in [-0.39, 0.29) is 0 Å². The van der Waals surface area contributed by atoms with E-state index in [0.717, 1.165) is 59.3 Å². The molecule has 0 aromatic heterocycles. The molecule has 1 unspecified atom stereocenters. The summed E-state index contributed by atoms with van der Waals surface area (Å²) in [6, 6.07) is 0. The lowest BCUT2D eigenvalue weighted by molar-refractivity contribution is -0.259. The van der Waals surface area contributed by atoms with Gasteiger partial charge in [-0.3, -0.25) is 19.2 Å². The van der Waals surface area contributed by atoms with Crippen LogP contribution in [0.15, 0.2) is 0 Å². The number of esters is 3. The number of carbonyl (C=O) groups is 4. The maximum atomic E-state index is 12.4. The Labute approximate surface area is 200 Å². The van der Waals surface area contributed by atoms with Crippen LogP contribution in [0.4, 0.5) is 0 Å². The van der Waals surface area contributed by atoms with Crippen LogP contribution >= 0.6 is 0 Å². The summed E-state index contributed by atoms with van der Waals surface area (Å²) in [5.74, 6) is -4.11. The first-order valence-electron chi connectivity index (χ1n) is 11.3. The third-order valence-corrected chi connectivity index (χ3v) is 5.81. The molecule has 12 nitrogen and oxygen atoms in total. The van der Waals surface area contributed by atoms with E-state index in [0.29, 0.717) is 6.54 Å². The SMILES string of the molecule is CCCCCCCCNC(=O)CS(=O)(=O)O[C@@H]1OC[C@@H](OC(C)=O)C(OC(C)=O)[C@@H]1OC(C)=O. The zero-order chi connectivity index (χ0) is 25.7. The summed E-state index contributed by atoms with van der Waals surface area (Å²) in [6.45, 7) is 5.27. The normalized spacial score (nSPS) is 22.5. The first-order chi connectivity index (χ1) is 15.9. The smallest absolute Gasteiger partial charge is 0.303 e. The van der Waals surface area contributed by atoms with Gasteiger partial charge in [-0.15, -0.1) is 0 Å². The number of hydrogen-bond donors (Lipinski definition) is 1. The van der Waals surface area contributed by atoms with E-state index in [1.54, 1.807) is 0 Å². The van der Waals surface area contributed by atoms with Crippen molar-refractivity contribution < 1.29 is 50.7 Å². The standard InChI is InChI=1S/C21H35NO11S/c1-5-6-7-8-9-10-11-22-18(26)13-34(27,28)33-21-20(32-16(4)25)19(31-15(3)24)17(12-29-21)30-14(2)23/h17,19-21H,5-13H2,1-4H3,(H,22,26)/t17-,19?,20+,21+/m1/s1. The second-order valence-corrected chi connectivity index (χ2v) is 9.51. The van der Waals surface area contributed by atoms with Crippen molar-refractivity contribution in [2.45, 2.75) is 90.8 Å². The molecular formula is C21H35NO11S. The number of carbonyl (C=O) groups excluding carboxylic acids is 4. The van der Waals surface area contributed by atoms with Gasteiger partial charge in [-0.05, 0) is 6.42 Å². The Balaban J connectivity index is 2.76. The van der Waals surface area contributed by atoms with E-state index in [2.05, 4.69) is 12.2 Å². The van der Waals surface area contributed by atoms with Crippen molar-refractivity contribution in [3.8, 4) is 0 Å². The largest absolute Gasteiger partial charge is 0.456 e. The number of nitrogens with one attached hydrogen (secondary N) is 1. The van der Waals surface area contributed by atoms with Gasteiger partial charge in [-0.1, -0.05) is 39.0 Å². The van der Waals surface area contributed by atoms with Crippen LogP contribution in [0.25, 0.3) is 0 Å². The van der Waals surface area contributed by atoms with Crippen LogP contribution in [0.1, 0.15) is 66.2 Å². The van der Waals surface area contributed by atoms with Crippen LogP contribution in [0.5, 0.6) is 0 Å². The number of ether oxygens (including phenoxy) is 4. The van der Waals surface area contributed by atoms with Gasteiger partial charge >= 0.3 is 17.9 Å². The van der Waals surface area contributed by atoms with Gasteiger partial charge in [0, 0.05) is 27.3 Å². The van der Waals surface area contributed by atoms with E-state index < -0.39 is 70.9 Å². The third kappa shape index (κ3) is 11.7. The highest BCUT2D eigenvalue weighted by atomic mass is 32.2. The van der Waals surface area contributed by atoms with Gasteiger partial charge in [0.2, 0.25) is 12.2 Å². The topological polar surface area (TPSA) is 161 Å². The monoisotopic (exact) mass is 509 g/mol. The lowest BCUT2D eigenvalue weighted by Gasteiger charge is -2.39. The maximum Gasteiger partial charge on any atom is 0.303 e. The van der Waals surface area contributed by atoms with Crippen molar-refractivity contribution in [3.63, 3.8) is 0 Å². The number of hydrogen-bond acceptors (Lipinski definition) is 11. The molecule has 196 valence electrons. The van der Waals surface area contributed by atoms with Crippen molar-refractivity contribution in [1.29, 1.82) is 0 Å². The minimum Gasteiger partial charge on any atom is -0.456 e. The first kappa shape index (κ1) is 29.8. The Morgan fingerprint density at radius 2 is 1.41 bits per heavy atom. The summed E-state index contributed by atoms with van der Waals surface area (Å²) < 4.78 is 50.4. The predicted octanol–water partition coefficient (Wildman–Crippen LogP) is 0.961. The lowest BCUT2D eigenvalue weighted by Crippen LogP contribution is -2.58. The summed E-state index contributed by atoms with van der Waals surface area (Å²) >= 11 is 0. The Kier molecular flexibility index (Phi) is 13.0. The third-order valence-electron chi connectivity index (χ3n) is 4.71. The molecule has 4 atom stereocenters. The summed E-state index contributed by atoms with van der Waals surface area (Å²) in [6.07, 6.45) is 0.224. The molecule has 0 aliphatic carbocycles. The average molecular weight is 510 g/mol. The lowest BCUT2D eigenvalue weighted by atomic mass is 10.0. The average Bonchev–Trinajstić information content (AvgIpc) is 2.70. The van der Waals surface area contributed by atoms with Gasteiger partial charge in [0.05, 0.1) is 6.61 Å². The molecule has 0 spiro atoms. The summed E-state index contributed by atoms with van der Waals surface area (Å²) in [5.41, 5.74) is 0. The number of rotatable bonds is 14. The molecule has 34 heavy (non-hydrogen) atoms. The number of amides is 1. The van der Waals surface area contributed by atoms with Crippen LogP contribution in [0, 0.1) is 0 Å². The van der Waals surface area contributed by atoms with Crippen LogP contribution in [-0.4, -0.2) is 75.7 Å². The molecule has 1 amide bonds. The highest BCUT2D eigenvalue weighted by Gasteiger charge is 2.49. The van der Waals surface area contributed by atoms with Crippen molar-refractivity contribution >= 4 is 33.9 Å². The Morgan fingerprint density at radius 1 is 0.853 bits per heavy atom. The second-order valence-electron chi connectivity index (χ2n) is 7.91. The first-order valence-corrected chi connectivity index (χ1v) is 12.8. The van der Waals surface area contributed by atoms with Gasteiger partial charge < -0.3 is 24.3 Å². The molecule has 0 radical (unpaired) electrons. The fraction of sp³-hybridized carbons (Fsp3) is 0.810. The van der Waals surface area contributed by atoms with Crippen molar-refractivity contribution in [2.24, 2.45) is 0 Å². The molecule has 1 aliphatic rings. The number of unbranched alkanes of at least 4 members (excludes halogenated alkanes) is 5. The minimum atomic E-state index is -4.47. The molecular weight excluding hydrogens is 474 g/mol. The molecule has 0 saturated carbocycles. The van der Waals surface area contributed by atoms with E-state index in [1.165, 1.54) is 0 Å². The van der Waals surface area contributed by atoms with Gasteiger partial charge in [0.25, 0.3) is 10.1 Å².